The Morgan fingerprint density at radius 3 is 2.19 bits per heavy atom. The van der Waals surface area contributed by atoms with E-state index in [2.05, 4.69) is 0 Å². The van der Waals surface area contributed by atoms with E-state index in [1.165, 1.54) is 0 Å². The van der Waals surface area contributed by atoms with Gasteiger partial charge in [-0.25, -0.2) is 10.0 Å². The zero-order chi connectivity index (χ0) is 12.0. The number of nitrogens with zero attached hydrogens (tertiary/aromatic N) is 2. The maximum Gasteiger partial charge on any atom is 0.256 e. The van der Waals surface area contributed by atoms with E-state index in [-0.39, 0.29) is 11.8 Å². The van der Waals surface area contributed by atoms with Gasteiger partial charge in [0.1, 0.15) is 5.88 Å². The van der Waals surface area contributed by atoms with Crippen LogP contribution in [0.15, 0.2) is 30.3 Å². The number of halogens is 1. The summed E-state index contributed by atoms with van der Waals surface area (Å²) in [5, 5.41) is 3.60. The molecule has 0 bridgehead atoms. The Bertz CT molecular complexity index is 325. The molecule has 0 N–H and O–H groups in total. The van der Waals surface area contributed by atoms with Crippen molar-refractivity contribution in [3.05, 3.63) is 30.3 Å². The van der Waals surface area contributed by atoms with E-state index in [1.807, 2.05) is 49.2 Å². The number of hydrogen-bond acceptors (Lipinski definition) is 2. The standard InChI is InChI=1S/C12H17ClN2O/c1-3-14(4-2)15(12(16)10-13)11-8-6-5-7-9-11/h5-9H,3-4,10H2,1-2H3. The molecule has 0 radical (unpaired) electrons. The highest BCUT2D eigenvalue weighted by atomic mass is 35.5. The second-order valence-corrected chi connectivity index (χ2v) is 3.58. The lowest BCUT2D eigenvalue weighted by Crippen LogP contribution is -2.47. The van der Waals surface area contributed by atoms with Crippen LogP contribution in [0.1, 0.15) is 13.8 Å². The van der Waals surface area contributed by atoms with Crippen molar-refractivity contribution in [3.8, 4) is 0 Å². The van der Waals surface area contributed by atoms with E-state index in [0.717, 1.165) is 18.8 Å². The van der Waals surface area contributed by atoms with Crippen molar-refractivity contribution in [3.63, 3.8) is 0 Å². The Kier molecular flexibility index (Phi) is 5.29. The molecule has 1 amide bonds. The minimum Gasteiger partial charge on any atom is -0.272 e. The number of benzene rings is 1. The van der Waals surface area contributed by atoms with E-state index in [0.29, 0.717) is 0 Å². The van der Waals surface area contributed by atoms with Gasteiger partial charge >= 0.3 is 0 Å². The topological polar surface area (TPSA) is 23.6 Å². The molecule has 0 unspecified atom stereocenters. The molecule has 1 rings (SSSR count). The molecule has 0 aliphatic heterocycles. The molecule has 0 atom stereocenters. The molecule has 0 saturated carbocycles. The summed E-state index contributed by atoms with van der Waals surface area (Å²) < 4.78 is 0. The van der Waals surface area contributed by atoms with Crippen LogP contribution < -0.4 is 5.01 Å². The van der Waals surface area contributed by atoms with Crippen LogP contribution in [-0.2, 0) is 4.79 Å². The first-order valence-corrected chi connectivity index (χ1v) is 5.96. The number of alkyl halides is 1. The molecule has 0 aliphatic carbocycles. The van der Waals surface area contributed by atoms with Crippen molar-refractivity contribution in [2.24, 2.45) is 0 Å². The first-order chi connectivity index (χ1) is 7.74. The highest BCUT2D eigenvalue weighted by Crippen LogP contribution is 2.16. The lowest BCUT2D eigenvalue weighted by Gasteiger charge is -2.32. The van der Waals surface area contributed by atoms with E-state index in [4.69, 9.17) is 11.6 Å². The van der Waals surface area contributed by atoms with Crippen molar-refractivity contribution in [1.29, 1.82) is 0 Å². The van der Waals surface area contributed by atoms with Gasteiger partial charge in [-0.2, -0.15) is 0 Å². The first-order valence-electron chi connectivity index (χ1n) is 5.43. The second-order valence-electron chi connectivity index (χ2n) is 3.31. The fourth-order valence-corrected chi connectivity index (χ4v) is 1.71. The van der Waals surface area contributed by atoms with Crippen molar-refractivity contribution < 1.29 is 4.79 Å². The van der Waals surface area contributed by atoms with Gasteiger partial charge in [0, 0.05) is 13.1 Å². The number of hydrazine groups is 1. The summed E-state index contributed by atoms with van der Waals surface area (Å²) in [4.78, 5) is 11.8. The van der Waals surface area contributed by atoms with Gasteiger partial charge in [-0.1, -0.05) is 32.0 Å². The highest BCUT2D eigenvalue weighted by Gasteiger charge is 2.19. The van der Waals surface area contributed by atoms with Crippen molar-refractivity contribution in [2.45, 2.75) is 13.8 Å². The molecular formula is C12H17ClN2O. The molecule has 1 aromatic carbocycles. The summed E-state index contributed by atoms with van der Waals surface area (Å²) in [7, 11) is 0. The third-order valence-corrected chi connectivity index (χ3v) is 2.59. The largest absolute Gasteiger partial charge is 0.272 e. The molecule has 1 aromatic rings. The average Bonchev–Trinajstić information content (AvgIpc) is 2.36. The fourth-order valence-electron chi connectivity index (χ4n) is 1.60. The molecule has 16 heavy (non-hydrogen) atoms. The molecule has 0 fully saturated rings. The van der Waals surface area contributed by atoms with Gasteiger partial charge < -0.3 is 0 Å². The van der Waals surface area contributed by atoms with Crippen LogP contribution in [-0.4, -0.2) is 29.9 Å². The van der Waals surface area contributed by atoms with Crippen molar-refractivity contribution in [1.82, 2.24) is 5.01 Å². The van der Waals surface area contributed by atoms with Gasteiger partial charge in [-0.15, -0.1) is 11.6 Å². The maximum absolute atomic E-state index is 11.8. The number of para-hydroxylation sites is 1. The highest BCUT2D eigenvalue weighted by molar-refractivity contribution is 6.29. The van der Waals surface area contributed by atoms with E-state index >= 15 is 0 Å². The predicted molar refractivity (Wildman–Crippen MR) is 67.6 cm³/mol. The van der Waals surface area contributed by atoms with Crippen LogP contribution in [0.25, 0.3) is 0 Å². The Morgan fingerprint density at radius 2 is 1.75 bits per heavy atom. The summed E-state index contributed by atoms with van der Waals surface area (Å²) in [5.74, 6) is -0.109. The number of hydrogen-bond donors (Lipinski definition) is 0. The van der Waals surface area contributed by atoms with Gasteiger partial charge in [-0.3, -0.25) is 4.79 Å². The van der Waals surface area contributed by atoms with Crippen LogP contribution in [0.2, 0.25) is 0 Å². The number of rotatable bonds is 5. The summed E-state index contributed by atoms with van der Waals surface area (Å²) in [5.41, 5.74) is 0.858. The molecule has 4 heteroatoms. The first kappa shape index (κ1) is 13.0. The fraction of sp³-hybridized carbons (Fsp3) is 0.417. The monoisotopic (exact) mass is 240 g/mol. The third-order valence-electron chi connectivity index (χ3n) is 2.36. The molecule has 0 aliphatic rings. The van der Waals surface area contributed by atoms with Crippen LogP contribution in [0.4, 0.5) is 5.69 Å². The van der Waals surface area contributed by atoms with E-state index in [9.17, 15) is 4.79 Å². The Morgan fingerprint density at radius 1 is 1.19 bits per heavy atom. The molecule has 0 saturated heterocycles. The normalized spacial score (nSPS) is 10.5. The lowest BCUT2D eigenvalue weighted by atomic mass is 10.3. The smallest absolute Gasteiger partial charge is 0.256 e. The Hall–Kier alpha value is -1.06. The van der Waals surface area contributed by atoms with Gasteiger partial charge in [0.15, 0.2) is 0 Å². The SMILES string of the molecule is CCN(CC)N(C(=O)CCl)c1ccccc1. The number of amides is 1. The predicted octanol–water partition coefficient (Wildman–Crippen LogP) is 2.52. The summed E-state index contributed by atoms with van der Waals surface area (Å²) in [6.07, 6.45) is 0. The number of carbonyl (C=O) groups is 1. The minimum absolute atomic E-state index is 0.00854. The van der Waals surface area contributed by atoms with Crippen LogP contribution in [0.5, 0.6) is 0 Å². The lowest BCUT2D eigenvalue weighted by molar-refractivity contribution is -0.119. The average molecular weight is 241 g/mol. The zero-order valence-electron chi connectivity index (χ0n) is 9.69. The third kappa shape index (κ3) is 2.97. The van der Waals surface area contributed by atoms with Crippen LogP contribution >= 0.6 is 11.6 Å². The second kappa shape index (κ2) is 6.51. The van der Waals surface area contributed by atoms with Crippen LogP contribution in [0, 0.1) is 0 Å². The zero-order valence-corrected chi connectivity index (χ0v) is 10.4. The quantitative estimate of drug-likeness (QED) is 0.583. The van der Waals surface area contributed by atoms with Gasteiger partial charge in [-0.05, 0) is 12.1 Å². The summed E-state index contributed by atoms with van der Waals surface area (Å²) in [6, 6.07) is 9.56. The van der Waals surface area contributed by atoms with E-state index in [1.54, 1.807) is 5.01 Å². The molecule has 88 valence electrons. The van der Waals surface area contributed by atoms with E-state index < -0.39 is 0 Å². The number of anilines is 1. The Balaban J connectivity index is 3.00. The molecule has 0 spiro atoms. The van der Waals surface area contributed by atoms with Gasteiger partial charge in [0.25, 0.3) is 5.91 Å². The molecule has 0 aromatic heterocycles. The van der Waals surface area contributed by atoms with Crippen molar-refractivity contribution >= 4 is 23.2 Å². The van der Waals surface area contributed by atoms with Crippen LogP contribution in [0.3, 0.4) is 0 Å². The molecule has 0 heterocycles. The van der Waals surface area contributed by atoms with Gasteiger partial charge in [0.05, 0.1) is 5.69 Å². The minimum atomic E-state index is -0.100. The summed E-state index contributed by atoms with van der Waals surface area (Å²) in [6.45, 7) is 5.57. The molecule has 3 nitrogen and oxygen atoms in total. The summed E-state index contributed by atoms with van der Waals surface area (Å²) >= 11 is 5.64. The van der Waals surface area contributed by atoms with Gasteiger partial charge in [0.2, 0.25) is 0 Å². The number of carbonyl (C=O) groups excluding carboxylic acids is 1. The molecular weight excluding hydrogens is 224 g/mol. The van der Waals surface area contributed by atoms with Crippen molar-refractivity contribution in [2.75, 3.05) is 24.0 Å². The Labute approximate surface area is 102 Å². The maximum atomic E-state index is 11.8.